The number of hydrogen-bond donors (Lipinski definition) is 2. The third kappa shape index (κ3) is 5.94. The molecule has 0 bridgehead atoms. The van der Waals surface area contributed by atoms with Gasteiger partial charge < -0.3 is 20.7 Å². The van der Waals surface area contributed by atoms with Gasteiger partial charge in [0.1, 0.15) is 5.75 Å². The number of nitrogen functional groups attached to an aromatic ring is 1. The van der Waals surface area contributed by atoms with Crippen LogP contribution in [0.4, 0.5) is 5.69 Å². The van der Waals surface area contributed by atoms with Gasteiger partial charge in [0.2, 0.25) is 0 Å². The lowest BCUT2D eigenvalue weighted by atomic mass is 10.1. The van der Waals surface area contributed by atoms with Gasteiger partial charge in [-0.15, -0.1) is 36.2 Å². The van der Waals surface area contributed by atoms with E-state index in [4.69, 9.17) is 22.1 Å². The van der Waals surface area contributed by atoms with Gasteiger partial charge in [-0.2, -0.15) is 0 Å². The SMILES string of the molecule is COc1cc(N)c(Cl)cc1C(=O)NCC(c1cccs1)N(C)C.Cl.Cl. The Labute approximate surface area is 169 Å². The summed E-state index contributed by atoms with van der Waals surface area (Å²) in [5.74, 6) is 0.161. The highest BCUT2D eigenvalue weighted by Crippen LogP contribution is 2.29. The van der Waals surface area contributed by atoms with E-state index in [2.05, 4.69) is 16.3 Å². The second-order valence-corrected chi connectivity index (χ2v) is 6.67. The number of hydrogen-bond acceptors (Lipinski definition) is 5. The molecule has 1 atom stereocenters. The van der Waals surface area contributed by atoms with Crippen molar-refractivity contribution in [3.63, 3.8) is 0 Å². The maximum atomic E-state index is 12.5. The normalized spacial score (nSPS) is 11.2. The minimum absolute atomic E-state index is 0. The molecule has 1 aromatic heterocycles. The zero-order valence-corrected chi connectivity index (χ0v) is 17.3. The molecular weight excluding hydrogens is 405 g/mol. The van der Waals surface area contributed by atoms with Gasteiger partial charge in [0.15, 0.2) is 0 Å². The van der Waals surface area contributed by atoms with Crippen LogP contribution in [0.2, 0.25) is 5.02 Å². The minimum atomic E-state index is -0.243. The molecule has 9 heteroatoms. The number of carbonyl (C=O) groups excluding carboxylic acids is 1. The van der Waals surface area contributed by atoms with Crippen LogP contribution in [0.5, 0.6) is 5.75 Å². The Balaban J connectivity index is 0.00000288. The Bertz CT molecular complexity index is 682. The molecule has 1 heterocycles. The van der Waals surface area contributed by atoms with Crippen LogP contribution in [-0.4, -0.2) is 38.6 Å². The highest BCUT2D eigenvalue weighted by Gasteiger charge is 2.19. The van der Waals surface area contributed by atoms with Gasteiger partial charge >= 0.3 is 0 Å². The van der Waals surface area contributed by atoms with E-state index in [-0.39, 0.29) is 36.8 Å². The number of amides is 1. The molecule has 0 radical (unpaired) electrons. The molecule has 0 spiro atoms. The van der Waals surface area contributed by atoms with E-state index in [0.29, 0.717) is 28.6 Å². The Morgan fingerprint density at radius 1 is 1.40 bits per heavy atom. The summed E-state index contributed by atoms with van der Waals surface area (Å²) in [7, 11) is 5.46. The molecule has 3 N–H and O–H groups in total. The largest absolute Gasteiger partial charge is 0.496 e. The number of benzene rings is 1. The van der Waals surface area contributed by atoms with E-state index in [0.717, 1.165) is 0 Å². The summed E-state index contributed by atoms with van der Waals surface area (Å²) in [6, 6.07) is 7.25. The zero-order chi connectivity index (χ0) is 17.0. The Morgan fingerprint density at radius 2 is 2.08 bits per heavy atom. The summed E-state index contributed by atoms with van der Waals surface area (Å²) < 4.78 is 5.22. The minimum Gasteiger partial charge on any atom is -0.496 e. The van der Waals surface area contributed by atoms with Gasteiger partial charge in [-0.25, -0.2) is 0 Å². The number of nitrogens with zero attached hydrogens (tertiary/aromatic N) is 1. The molecule has 5 nitrogen and oxygen atoms in total. The van der Waals surface area contributed by atoms with E-state index < -0.39 is 0 Å². The highest BCUT2D eigenvalue weighted by molar-refractivity contribution is 7.10. The van der Waals surface area contributed by atoms with Gasteiger partial charge in [0.25, 0.3) is 5.91 Å². The summed E-state index contributed by atoms with van der Waals surface area (Å²) in [6.07, 6.45) is 0. The third-order valence-corrected chi connectivity index (χ3v) is 4.82. The summed E-state index contributed by atoms with van der Waals surface area (Å²) in [6.45, 7) is 0.484. The van der Waals surface area contributed by atoms with E-state index in [1.807, 2.05) is 25.5 Å². The number of methoxy groups -OCH3 is 1. The first-order valence-electron chi connectivity index (χ1n) is 7.05. The number of halogens is 3. The van der Waals surface area contributed by atoms with E-state index >= 15 is 0 Å². The average molecular weight is 427 g/mol. The van der Waals surface area contributed by atoms with Crippen LogP contribution in [0.1, 0.15) is 21.3 Å². The van der Waals surface area contributed by atoms with Gasteiger partial charge in [-0.05, 0) is 31.6 Å². The predicted octanol–water partition coefficient (Wildman–Crippen LogP) is 3.87. The van der Waals surface area contributed by atoms with Crippen molar-refractivity contribution in [2.45, 2.75) is 6.04 Å². The molecular formula is C16H22Cl3N3O2S. The first-order chi connectivity index (χ1) is 10.9. The number of anilines is 1. The molecule has 2 rings (SSSR count). The molecule has 0 fully saturated rings. The van der Waals surface area contributed by atoms with Gasteiger partial charge in [-0.3, -0.25) is 4.79 Å². The number of rotatable bonds is 6. The molecule has 1 unspecified atom stereocenters. The Kier molecular flexibility index (Phi) is 10.2. The molecule has 25 heavy (non-hydrogen) atoms. The van der Waals surface area contributed by atoms with Gasteiger partial charge in [0, 0.05) is 17.5 Å². The molecule has 0 aliphatic carbocycles. The summed E-state index contributed by atoms with van der Waals surface area (Å²) >= 11 is 7.68. The summed E-state index contributed by atoms with van der Waals surface area (Å²) in [5.41, 5.74) is 6.49. The monoisotopic (exact) mass is 425 g/mol. The Morgan fingerprint density at radius 3 is 2.60 bits per heavy atom. The fourth-order valence-electron chi connectivity index (χ4n) is 2.22. The van der Waals surface area contributed by atoms with Crippen LogP contribution in [0.15, 0.2) is 29.6 Å². The first-order valence-corrected chi connectivity index (χ1v) is 8.30. The maximum absolute atomic E-state index is 12.5. The highest BCUT2D eigenvalue weighted by atomic mass is 35.5. The second-order valence-electron chi connectivity index (χ2n) is 5.28. The quantitative estimate of drug-likeness (QED) is 0.688. The van der Waals surface area contributed by atoms with Crippen molar-refractivity contribution in [2.75, 3.05) is 33.5 Å². The van der Waals surface area contributed by atoms with Crippen LogP contribution in [0.25, 0.3) is 0 Å². The molecule has 0 saturated heterocycles. The van der Waals surface area contributed by atoms with Crippen molar-refractivity contribution in [1.82, 2.24) is 10.2 Å². The van der Waals surface area contributed by atoms with Crippen molar-refractivity contribution in [3.8, 4) is 5.75 Å². The summed E-state index contributed by atoms with van der Waals surface area (Å²) in [4.78, 5) is 15.7. The third-order valence-electron chi connectivity index (χ3n) is 3.51. The van der Waals surface area contributed by atoms with Crippen LogP contribution < -0.4 is 15.8 Å². The van der Waals surface area contributed by atoms with Gasteiger partial charge in [0.05, 0.1) is 29.4 Å². The van der Waals surface area contributed by atoms with Crippen molar-refractivity contribution in [1.29, 1.82) is 0 Å². The maximum Gasteiger partial charge on any atom is 0.255 e. The van der Waals surface area contributed by atoms with E-state index in [9.17, 15) is 4.79 Å². The lowest BCUT2D eigenvalue weighted by Gasteiger charge is -2.23. The summed E-state index contributed by atoms with van der Waals surface area (Å²) in [5, 5.41) is 5.29. The fraction of sp³-hybridized carbons (Fsp3) is 0.312. The molecule has 0 aliphatic heterocycles. The number of ether oxygens (including phenoxy) is 1. The van der Waals surface area contributed by atoms with Crippen LogP contribution in [0.3, 0.4) is 0 Å². The van der Waals surface area contributed by atoms with Gasteiger partial charge in [-0.1, -0.05) is 17.7 Å². The van der Waals surface area contributed by atoms with E-state index in [1.165, 1.54) is 18.1 Å². The number of nitrogens with two attached hydrogens (primary N) is 1. The lowest BCUT2D eigenvalue weighted by molar-refractivity contribution is 0.0939. The molecule has 1 aromatic carbocycles. The van der Waals surface area contributed by atoms with Crippen molar-refractivity contribution in [2.24, 2.45) is 0 Å². The van der Waals surface area contributed by atoms with Crippen molar-refractivity contribution in [3.05, 3.63) is 45.1 Å². The van der Waals surface area contributed by atoms with Crippen LogP contribution in [0, 0.1) is 0 Å². The topological polar surface area (TPSA) is 67.6 Å². The number of likely N-dealkylation sites (N-methyl/N-ethyl adjacent to an activating group) is 1. The first kappa shape index (κ1) is 23.8. The lowest BCUT2D eigenvalue weighted by Crippen LogP contribution is -2.34. The predicted molar refractivity (Wildman–Crippen MR) is 110 cm³/mol. The smallest absolute Gasteiger partial charge is 0.255 e. The van der Waals surface area contributed by atoms with Crippen molar-refractivity contribution >= 4 is 59.3 Å². The Hall–Kier alpha value is -1.18. The number of nitrogens with one attached hydrogen (secondary N) is 1. The number of carbonyl (C=O) groups is 1. The molecule has 2 aromatic rings. The standard InChI is InChI=1S/C16H20ClN3O2S.2ClH/c1-20(2)13(15-5-4-6-23-15)9-19-16(21)10-7-11(17)12(18)8-14(10)22-3;;/h4-8,13H,9,18H2,1-3H3,(H,19,21);2*1H. The second kappa shape index (κ2) is 10.7. The molecule has 0 saturated carbocycles. The molecule has 0 aliphatic rings. The molecule has 1 amide bonds. The fourth-order valence-corrected chi connectivity index (χ4v) is 3.30. The zero-order valence-electron chi connectivity index (χ0n) is 14.1. The van der Waals surface area contributed by atoms with Crippen molar-refractivity contribution < 1.29 is 9.53 Å². The number of thiophene rings is 1. The van der Waals surface area contributed by atoms with Crippen LogP contribution >= 0.6 is 47.8 Å². The average Bonchev–Trinajstić information content (AvgIpc) is 3.03. The molecule has 140 valence electrons. The van der Waals surface area contributed by atoms with E-state index in [1.54, 1.807) is 17.4 Å². The van der Waals surface area contributed by atoms with Crippen LogP contribution in [-0.2, 0) is 0 Å².